The molecule has 1 aromatic carbocycles. The zero-order chi connectivity index (χ0) is 27.4. The average molecular weight is 513 g/mol. The van der Waals surface area contributed by atoms with E-state index in [9.17, 15) is 34.8 Å². The molecule has 1 aliphatic heterocycles. The fourth-order valence-corrected chi connectivity index (χ4v) is 6.83. The second-order valence-electron chi connectivity index (χ2n) is 11.4. The lowest BCUT2D eigenvalue weighted by molar-refractivity contribution is -0.169. The zero-order valence-corrected chi connectivity index (χ0v) is 21.4. The number of hydrogen-bond acceptors (Lipinski definition) is 9. The van der Waals surface area contributed by atoms with Crippen molar-refractivity contribution in [3.8, 4) is 5.75 Å². The monoisotopic (exact) mass is 512 g/mol. The fraction of sp³-hybridized carbons (Fsp3) is 0.519. The van der Waals surface area contributed by atoms with Crippen molar-refractivity contribution in [2.24, 2.45) is 17.6 Å². The topological polar surface area (TPSA) is 171 Å². The Hall–Kier alpha value is -3.21. The molecule has 1 saturated carbocycles. The van der Waals surface area contributed by atoms with Gasteiger partial charge in [-0.1, -0.05) is 32.9 Å². The third kappa shape index (κ3) is 3.06. The minimum Gasteiger partial charge on any atom is -0.508 e. The van der Waals surface area contributed by atoms with E-state index in [-0.39, 0.29) is 11.0 Å². The first-order chi connectivity index (χ1) is 17.2. The van der Waals surface area contributed by atoms with Crippen molar-refractivity contribution >= 4 is 23.2 Å². The predicted octanol–water partition coefficient (Wildman–Crippen LogP) is 0.850. The normalized spacial score (nSPS) is 34.4. The average Bonchev–Trinajstić information content (AvgIpc) is 2.80. The highest BCUT2D eigenvalue weighted by molar-refractivity contribution is 6.24. The van der Waals surface area contributed by atoms with Gasteiger partial charge in [-0.05, 0) is 37.4 Å². The van der Waals surface area contributed by atoms with Crippen molar-refractivity contribution in [2.75, 3.05) is 20.7 Å². The van der Waals surface area contributed by atoms with Crippen molar-refractivity contribution in [1.29, 1.82) is 0 Å². The predicted molar refractivity (Wildman–Crippen MR) is 132 cm³/mol. The van der Waals surface area contributed by atoms with Gasteiger partial charge in [0.05, 0.1) is 30.2 Å². The van der Waals surface area contributed by atoms with Crippen LogP contribution in [-0.4, -0.2) is 81.2 Å². The number of carbonyl (C=O) groups excluding carboxylic acids is 3. The summed E-state index contributed by atoms with van der Waals surface area (Å²) in [6, 6.07) is 2.43. The summed E-state index contributed by atoms with van der Waals surface area (Å²) in [5.41, 5.74) is 2.87. The van der Waals surface area contributed by atoms with Crippen LogP contribution < -0.4 is 10.5 Å². The second-order valence-corrected chi connectivity index (χ2v) is 11.4. The van der Waals surface area contributed by atoms with Gasteiger partial charge in [-0.25, -0.2) is 0 Å². The molecule has 6 N–H and O–H groups in total. The Labute approximate surface area is 214 Å². The Bertz CT molecular complexity index is 1330. The van der Waals surface area contributed by atoms with E-state index in [1.54, 1.807) is 6.92 Å². The molecular formula is C27H32N2O8. The van der Waals surface area contributed by atoms with Crippen LogP contribution in [0.15, 0.2) is 29.0 Å². The first-order valence-corrected chi connectivity index (χ1v) is 12.3. The number of nitrogens with two attached hydrogens (primary N) is 1. The maximum absolute atomic E-state index is 14.1. The molecule has 1 aromatic rings. The molecule has 1 amide bonds. The van der Waals surface area contributed by atoms with E-state index >= 15 is 0 Å². The molecule has 37 heavy (non-hydrogen) atoms. The molecule has 10 nitrogen and oxygen atoms in total. The Balaban J connectivity index is 1.81. The maximum Gasteiger partial charge on any atom is 0.255 e. The van der Waals surface area contributed by atoms with Gasteiger partial charge in [-0.3, -0.25) is 19.3 Å². The third-order valence-electron chi connectivity index (χ3n) is 8.81. The lowest BCUT2D eigenvalue weighted by atomic mass is 9.54. The number of ketones is 2. The molecule has 0 saturated heterocycles. The van der Waals surface area contributed by atoms with E-state index in [0.717, 1.165) is 12.0 Å². The van der Waals surface area contributed by atoms with Gasteiger partial charge < -0.3 is 30.9 Å². The molecule has 0 spiro atoms. The molecule has 10 heteroatoms. The smallest absolute Gasteiger partial charge is 0.255 e. The van der Waals surface area contributed by atoms with Crippen molar-refractivity contribution < 1.29 is 39.5 Å². The summed E-state index contributed by atoms with van der Waals surface area (Å²) in [6.07, 6.45) is -0.800. The molecule has 0 bridgehead atoms. The molecule has 0 aromatic heterocycles. The van der Waals surface area contributed by atoms with Crippen molar-refractivity contribution in [3.05, 3.63) is 45.7 Å². The number of hydrogen-bond donors (Lipinski definition) is 5. The van der Waals surface area contributed by atoms with Gasteiger partial charge in [0.2, 0.25) is 5.78 Å². The first kappa shape index (κ1) is 25.4. The van der Waals surface area contributed by atoms with Crippen LogP contribution in [0.3, 0.4) is 0 Å². The van der Waals surface area contributed by atoms with Gasteiger partial charge in [0.15, 0.2) is 11.4 Å². The minimum atomic E-state index is -2.86. The standard InChI is InChI=1S/C27H32N2O8/c1-10-11-6-7-12-22(37-9-8-26(12,2)3)14(11)19(30)15-13(10)20(31)17-18(29(4)5)21(32)16(25(28)35)24(34)27(17,36)23(15)33/h6-7,10,13,17-18,20,30-31,34,36H,8-9H2,1-5H3,(H2,28,35)/t10-,13+,17+,18-,20-,27-/m0/s1. The van der Waals surface area contributed by atoms with Crippen molar-refractivity contribution in [3.63, 3.8) is 0 Å². The van der Waals surface area contributed by atoms with Crippen molar-refractivity contribution in [2.45, 2.75) is 56.3 Å². The lowest BCUT2D eigenvalue weighted by Crippen LogP contribution is -2.70. The van der Waals surface area contributed by atoms with Crippen LogP contribution >= 0.6 is 0 Å². The number of likely N-dealkylation sites (N-methyl/N-ethyl adjacent to an activating group) is 1. The summed E-state index contributed by atoms with van der Waals surface area (Å²) in [5.74, 6) is -7.59. The van der Waals surface area contributed by atoms with Gasteiger partial charge in [0, 0.05) is 17.1 Å². The maximum atomic E-state index is 14.1. The van der Waals surface area contributed by atoms with E-state index in [0.29, 0.717) is 23.5 Å². The third-order valence-corrected chi connectivity index (χ3v) is 8.81. The summed E-state index contributed by atoms with van der Waals surface area (Å²) in [5, 5.41) is 46.0. The molecule has 1 heterocycles. The number of nitrogens with zero attached hydrogens (tertiary/aromatic N) is 1. The van der Waals surface area contributed by atoms with Crippen LogP contribution in [0.4, 0.5) is 0 Å². The van der Waals surface area contributed by atoms with Crippen LogP contribution in [0.1, 0.15) is 49.8 Å². The van der Waals surface area contributed by atoms with E-state index in [2.05, 4.69) is 13.8 Å². The number of aliphatic hydroxyl groups is 4. The Morgan fingerprint density at radius 2 is 1.84 bits per heavy atom. The molecular weight excluding hydrogens is 480 g/mol. The van der Waals surface area contributed by atoms with E-state index in [1.165, 1.54) is 19.0 Å². The van der Waals surface area contributed by atoms with Crippen LogP contribution in [0.2, 0.25) is 0 Å². The molecule has 6 atom stereocenters. The number of Topliss-reactive ketones (excluding diaryl/α,β-unsaturated/α-hetero) is 2. The van der Waals surface area contributed by atoms with Gasteiger partial charge >= 0.3 is 0 Å². The van der Waals surface area contributed by atoms with Crippen LogP contribution in [-0.2, 0) is 19.8 Å². The minimum absolute atomic E-state index is 0.257. The van der Waals surface area contributed by atoms with Crippen LogP contribution in [0.25, 0.3) is 5.76 Å². The first-order valence-electron chi connectivity index (χ1n) is 12.3. The highest BCUT2D eigenvalue weighted by Crippen LogP contribution is 2.57. The fourth-order valence-electron chi connectivity index (χ4n) is 6.83. The van der Waals surface area contributed by atoms with Gasteiger partial charge in [0.25, 0.3) is 5.91 Å². The number of amides is 1. The number of primary amides is 1. The summed E-state index contributed by atoms with van der Waals surface area (Å²) in [7, 11) is 2.99. The molecule has 3 aliphatic carbocycles. The summed E-state index contributed by atoms with van der Waals surface area (Å²) in [6.45, 7) is 6.30. The molecule has 198 valence electrons. The highest BCUT2D eigenvalue weighted by Gasteiger charge is 2.68. The number of aliphatic hydroxyl groups excluding tert-OH is 3. The molecule has 0 unspecified atom stereocenters. The quantitative estimate of drug-likeness (QED) is 0.360. The van der Waals surface area contributed by atoms with Gasteiger partial charge in [0.1, 0.15) is 22.8 Å². The van der Waals surface area contributed by atoms with Gasteiger partial charge in [-0.2, -0.15) is 0 Å². The van der Waals surface area contributed by atoms with Gasteiger partial charge in [-0.15, -0.1) is 0 Å². The Kier molecular flexibility index (Phi) is 5.43. The zero-order valence-electron chi connectivity index (χ0n) is 21.4. The number of benzene rings is 1. The Morgan fingerprint density at radius 3 is 2.43 bits per heavy atom. The van der Waals surface area contributed by atoms with E-state index < -0.39 is 70.1 Å². The molecule has 4 aliphatic rings. The SMILES string of the molecule is C[C@H]1c2ccc3c(c2C(O)=C2C(=O)[C@]4(O)C(O)=C(C(N)=O)C(=O)[C@@H](N(C)C)[C@@H]4[C@@H](O)[C@@H]21)OCCC3(C)C. The summed E-state index contributed by atoms with van der Waals surface area (Å²) >= 11 is 0. The molecule has 0 radical (unpaired) electrons. The number of carbonyl (C=O) groups is 3. The number of fused-ring (bicyclic) bond motifs is 5. The molecule has 1 fully saturated rings. The summed E-state index contributed by atoms with van der Waals surface area (Å²) in [4.78, 5) is 40.8. The summed E-state index contributed by atoms with van der Waals surface area (Å²) < 4.78 is 5.98. The lowest BCUT2D eigenvalue weighted by Gasteiger charge is -2.54. The van der Waals surface area contributed by atoms with E-state index in [1.807, 2.05) is 12.1 Å². The Morgan fingerprint density at radius 1 is 1.19 bits per heavy atom. The van der Waals surface area contributed by atoms with E-state index in [4.69, 9.17) is 10.5 Å². The number of rotatable bonds is 2. The number of ether oxygens (including phenoxy) is 1. The largest absolute Gasteiger partial charge is 0.508 e. The van der Waals surface area contributed by atoms with Crippen LogP contribution in [0, 0.1) is 11.8 Å². The second kappa shape index (κ2) is 7.89. The molecule has 5 rings (SSSR count). The highest BCUT2D eigenvalue weighted by atomic mass is 16.5. The van der Waals surface area contributed by atoms with Crippen LogP contribution in [0.5, 0.6) is 5.75 Å². The van der Waals surface area contributed by atoms with Crippen molar-refractivity contribution in [1.82, 2.24) is 4.90 Å².